The van der Waals surface area contributed by atoms with Crippen LogP contribution in [0.2, 0.25) is 0 Å². The van der Waals surface area contributed by atoms with E-state index in [1.807, 2.05) is 6.20 Å². The summed E-state index contributed by atoms with van der Waals surface area (Å²) >= 11 is 1.67. The summed E-state index contributed by atoms with van der Waals surface area (Å²) in [5.74, 6) is 0.615. The Hall–Kier alpha value is -2.22. The number of H-pyrrole nitrogens is 1. The Morgan fingerprint density at radius 1 is 1.47 bits per heavy atom. The fourth-order valence-electron chi connectivity index (χ4n) is 1.66. The van der Waals surface area contributed by atoms with Crippen LogP contribution in [0.25, 0.3) is 5.65 Å². The van der Waals surface area contributed by atoms with Gasteiger partial charge in [0.25, 0.3) is 0 Å². The molecule has 98 valence electrons. The van der Waals surface area contributed by atoms with Crippen LogP contribution in [0, 0.1) is 0 Å². The van der Waals surface area contributed by atoms with Crippen molar-refractivity contribution in [1.82, 2.24) is 24.8 Å². The molecular formula is C11H12N6OS. The Morgan fingerprint density at radius 3 is 3.16 bits per heavy atom. The van der Waals surface area contributed by atoms with Gasteiger partial charge >= 0.3 is 5.69 Å². The standard InChI is InChI=1S/C11H12N6OS/c1-2-7-5-13-10(19-7)6-12-8-3-4-9-14-15-11(18)17(9)16-8/h3-5H,2,6H2,1H3,(H,12,16)(H,15,18). The molecule has 0 aliphatic rings. The zero-order valence-electron chi connectivity index (χ0n) is 10.3. The van der Waals surface area contributed by atoms with Crippen LogP contribution in [0.15, 0.2) is 23.1 Å². The summed E-state index contributed by atoms with van der Waals surface area (Å²) in [6.45, 7) is 2.70. The summed E-state index contributed by atoms with van der Waals surface area (Å²) in [4.78, 5) is 17.0. The van der Waals surface area contributed by atoms with Gasteiger partial charge in [0, 0.05) is 11.1 Å². The molecule has 0 aliphatic heterocycles. The first-order valence-corrected chi connectivity index (χ1v) is 6.70. The maximum Gasteiger partial charge on any atom is 0.364 e. The molecule has 0 spiro atoms. The Labute approximate surface area is 112 Å². The van der Waals surface area contributed by atoms with Gasteiger partial charge in [0.1, 0.15) is 10.8 Å². The number of fused-ring (bicyclic) bond motifs is 1. The van der Waals surface area contributed by atoms with Crippen LogP contribution in [-0.2, 0) is 13.0 Å². The van der Waals surface area contributed by atoms with Gasteiger partial charge in [0.05, 0.1) is 6.54 Å². The van der Waals surface area contributed by atoms with Crippen molar-refractivity contribution in [2.75, 3.05) is 5.32 Å². The number of aromatic amines is 1. The summed E-state index contributed by atoms with van der Waals surface area (Å²) in [7, 11) is 0. The molecule has 19 heavy (non-hydrogen) atoms. The predicted molar refractivity (Wildman–Crippen MR) is 72.4 cm³/mol. The molecule has 0 aromatic carbocycles. The van der Waals surface area contributed by atoms with Crippen molar-refractivity contribution >= 4 is 22.8 Å². The van der Waals surface area contributed by atoms with Crippen LogP contribution in [0.3, 0.4) is 0 Å². The first-order valence-electron chi connectivity index (χ1n) is 5.88. The Morgan fingerprint density at radius 2 is 2.37 bits per heavy atom. The molecule has 0 saturated carbocycles. The highest BCUT2D eigenvalue weighted by atomic mass is 32.1. The van der Waals surface area contributed by atoms with Crippen molar-refractivity contribution in [2.24, 2.45) is 0 Å². The summed E-state index contributed by atoms with van der Waals surface area (Å²) in [6, 6.07) is 3.51. The van der Waals surface area contributed by atoms with Gasteiger partial charge in [0.15, 0.2) is 5.65 Å². The maximum atomic E-state index is 11.4. The highest BCUT2D eigenvalue weighted by Gasteiger charge is 2.04. The first kappa shape index (κ1) is 11.8. The van der Waals surface area contributed by atoms with Crippen LogP contribution in [0.5, 0.6) is 0 Å². The van der Waals surface area contributed by atoms with Crippen LogP contribution in [0.4, 0.5) is 5.82 Å². The van der Waals surface area contributed by atoms with E-state index in [2.05, 4.69) is 32.5 Å². The SMILES string of the molecule is CCc1cnc(CNc2ccc3n[nH]c(=O)n3n2)s1. The van der Waals surface area contributed by atoms with E-state index in [1.54, 1.807) is 23.5 Å². The van der Waals surface area contributed by atoms with Gasteiger partial charge in [-0.05, 0) is 18.6 Å². The molecule has 8 heteroatoms. The van der Waals surface area contributed by atoms with E-state index in [0.717, 1.165) is 11.4 Å². The number of anilines is 1. The van der Waals surface area contributed by atoms with Crippen molar-refractivity contribution in [1.29, 1.82) is 0 Å². The van der Waals surface area contributed by atoms with Gasteiger partial charge in [0.2, 0.25) is 0 Å². The molecule has 3 aromatic heterocycles. The summed E-state index contributed by atoms with van der Waals surface area (Å²) in [6.07, 6.45) is 2.88. The van der Waals surface area contributed by atoms with Crippen LogP contribution < -0.4 is 11.0 Å². The topological polar surface area (TPSA) is 88.0 Å². The molecule has 3 aromatic rings. The zero-order chi connectivity index (χ0) is 13.2. The maximum absolute atomic E-state index is 11.4. The second kappa shape index (κ2) is 4.81. The minimum Gasteiger partial charge on any atom is -0.362 e. The van der Waals surface area contributed by atoms with Crippen LogP contribution in [0.1, 0.15) is 16.8 Å². The van der Waals surface area contributed by atoms with Gasteiger partial charge in [-0.1, -0.05) is 6.92 Å². The van der Waals surface area contributed by atoms with Crippen molar-refractivity contribution in [3.8, 4) is 0 Å². The predicted octanol–water partition coefficient (Wildman–Crippen LogP) is 1.05. The lowest BCUT2D eigenvalue weighted by molar-refractivity contribution is 0.874. The third kappa shape index (κ3) is 2.34. The molecule has 7 nitrogen and oxygen atoms in total. The van der Waals surface area contributed by atoms with E-state index in [9.17, 15) is 4.79 Å². The third-order valence-corrected chi connectivity index (χ3v) is 3.79. The number of nitrogens with one attached hydrogen (secondary N) is 2. The molecule has 0 unspecified atom stereocenters. The lowest BCUT2D eigenvalue weighted by Gasteiger charge is -2.02. The molecule has 0 radical (unpaired) electrons. The fourth-order valence-corrected chi connectivity index (χ4v) is 2.46. The van der Waals surface area contributed by atoms with Gasteiger partial charge in [-0.25, -0.2) is 14.9 Å². The second-order valence-corrected chi connectivity index (χ2v) is 5.14. The van der Waals surface area contributed by atoms with Gasteiger partial charge in [-0.3, -0.25) is 0 Å². The molecule has 0 atom stereocenters. The molecule has 2 N–H and O–H groups in total. The second-order valence-electron chi connectivity index (χ2n) is 3.94. The zero-order valence-corrected chi connectivity index (χ0v) is 11.1. The summed E-state index contributed by atoms with van der Waals surface area (Å²) in [5, 5.41) is 14.5. The number of hydrogen-bond donors (Lipinski definition) is 2. The van der Waals surface area contributed by atoms with Crippen molar-refractivity contribution in [3.63, 3.8) is 0 Å². The Bertz CT molecular complexity index is 758. The molecular weight excluding hydrogens is 264 g/mol. The smallest absolute Gasteiger partial charge is 0.362 e. The van der Waals surface area contributed by atoms with Crippen molar-refractivity contribution in [3.05, 3.63) is 38.7 Å². The van der Waals surface area contributed by atoms with E-state index >= 15 is 0 Å². The molecule has 3 rings (SSSR count). The lowest BCUT2D eigenvalue weighted by atomic mass is 10.4. The number of thiazole rings is 1. The summed E-state index contributed by atoms with van der Waals surface area (Å²) in [5.41, 5.74) is 0.152. The number of aryl methyl sites for hydroxylation is 1. The Kier molecular flexibility index (Phi) is 3.00. The van der Waals surface area contributed by atoms with Gasteiger partial charge in [-0.15, -0.1) is 16.4 Å². The highest BCUT2D eigenvalue weighted by molar-refractivity contribution is 7.11. The third-order valence-electron chi connectivity index (χ3n) is 2.64. The lowest BCUT2D eigenvalue weighted by Crippen LogP contribution is -2.13. The minimum absolute atomic E-state index is 0.346. The van der Waals surface area contributed by atoms with Crippen LogP contribution in [-0.4, -0.2) is 24.8 Å². The number of hydrogen-bond acceptors (Lipinski definition) is 6. The molecule has 0 fully saturated rings. The molecule has 3 heterocycles. The first-order chi connectivity index (χ1) is 9.26. The number of aromatic nitrogens is 5. The number of nitrogens with zero attached hydrogens (tertiary/aromatic N) is 4. The normalized spacial score (nSPS) is 11.0. The molecule has 0 aliphatic carbocycles. The van der Waals surface area contributed by atoms with E-state index in [1.165, 1.54) is 9.39 Å². The minimum atomic E-state index is -0.346. The van der Waals surface area contributed by atoms with Crippen molar-refractivity contribution in [2.45, 2.75) is 19.9 Å². The number of rotatable bonds is 4. The molecule has 0 saturated heterocycles. The monoisotopic (exact) mass is 276 g/mol. The largest absolute Gasteiger partial charge is 0.364 e. The summed E-state index contributed by atoms with van der Waals surface area (Å²) < 4.78 is 1.22. The van der Waals surface area contributed by atoms with Crippen molar-refractivity contribution < 1.29 is 0 Å². The fraction of sp³-hybridized carbons (Fsp3) is 0.273. The Balaban J connectivity index is 1.77. The highest BCUT2D eigenvalue weighted by Crippen LogP contribution is 2.14. The molecule has 0 amide bonds. The average molecular weight is 276 g/mol. The van der Waals surface area contributed by atoms with Crippen LogP contribution >= 0.6 is 11.3 Å². The average Bonchev–Trinajstić information content (AvgIpc) is 3.04. The molecule has 0 bridgehead atoms. The van der Waals surface area contributed by atoms with Gasteiger partial charge in [-0.2, -0.15) is 9.61 Å². The van der Waals surface area contributed by atoms with E-state index in [-0.39, 0.29) is 5.69 Å². The van der Waals surface area contributed by atoms with E-state index in [4.69, 9.17) is 0 Å². The quantitative estimate of drug-likeness (QED) is 0.743. The van der Waals surface area contributed by atoms with E-state index < -0.39 is 0 Å². The van der Waals surface area contributed by atoms with Gasteiger partial charge < -0.3 is 5.32 Å². The van der Waals surface area contributed by atoms with E-state index in [0.29, 0.717) is 18.0 Å².